The van der Waals surface area contributed by atoms with Crippen molar-refractivity contribution >= 4 is 17.2 Å². The van der Waals surface area contributed by atoms with Gasteiger partial charge in [-0.25, -0.2) is 4.98 Å². The van der Waals surface area contributed by atoms with Crippen LogP contribution in [0.5, 0.6) is 5.19 Å². The Bertz CT molecular complexity index is 623. The maximum Gasteiger partial charge on any atom is 0.278 e. The van der Waals surface area contributed by atoms with Crippen LogP contribution in [0.15, 0.2) is 30.4 Å². The summed E-state index contributed by atoms with van der Waals surface area (Å²) in [6, 6.07) is 0.427. The van der Waals surface area contributed by atoms with Crippen molar-refractivity contribution < 1.29 is 14.3 Å². The van der Waals surface area contributed by atoms with Crippen LogP contribution in [-0.2, 0) is 4.74 Å². The van der Waals surface area contributed by atoms with Gasteiger partial charge in [-0.05, 0) is 26.2 Å². The van der Waals surface area contributed by atoms with Gasteiger partial charge >= 0.3 is 0 Å². The Kier molecular flexibility index (Phi) is 7.46. The normalized spacial score (nSPS) is 17.0. The summed E-state index contributed by atoms with van der Waals surface area (Å²) in [5, 5.41) is 3.31. The Balaban J connectivity index is 1.77. The highest BCUT2D eigenvalue weighted by atomic mass is 32.1. The van der Waals surface area contributed by atoms with Crippen LogP contribution in [0, 0.1) is 5.92 Å². The van der Waals surface area contributed by atoms with Crippen LogP contribution in [0.3, 0.4) is 0 Å². The van der Waals surface area contributed by atoms with Crippen molar-refractivity contribution in [1.29, 1.82) is 0 Å². The van der Waals surface area contributed by atoms with Crippen molar-refractivity contribution in [2.24, 2.45) is 5.92 Å². The fourth-order valence-electron chi connectivity index (χ4n) is 2.12. The first kappa shape index (κ1) is 19.5. The van der Waals surface area contributed by atoms with Gasteiger partial charge < -0.3 is 14.8 Å². The second-order valence-electron chi connectivity index (χ2n) is 6.52. The number of nitrogens with zero attached hydrogens (tertiary/aromatic N) is 2. The molecule has 0 saturated carbocycles. The number of aromatic nitrogens is 1. The molecule has 2 rings (SSSR count). The number of carbonyl (C=O) groups excluding carboxylic acids is 1. The molecule has 1 amide bonds. The molecule has 138 valence electrons. The van der Waals surface area contributed by atoms with E-state index in [4.69, 9.17) is 9.47 Å². The minimum atomic E-state index is -0.124. The quantitative estimate of drug-likeness (QED) is 0.435. The van der Waals surface area contributed by atoms with Crippen LogP contribution >= 0.6 is 11.3 Å². The Hall–Kier alpha value is -1.86. The van der Waals surface area contributed by atoms with Crippen molar-refractivity contribution in [3.05, 3.63) is 35.2 Å². The molecule has 0 atom stereocenters. The largest absolute Gasteiger partial charge is 0.478 e. The van der Waals surface area contributed by atoms with Gasteiger partial charge in [0.15, 0.2) is 0 Å². The summed E-state index contributed by atoms with van der Waals surface area (Å²) in [6.45, 7) is 10.4. The monoisotopic (exact) mass is 365 g/mol. The molecule has 1 fully saturated rings. The number of allylic oxidation sites excluding steroid dienone is 1. The number of nitrogens with one attached hydrogen (secondary N) is 1. The molecule has 1 N–H and O–H groups in total. The number of amides is 1. The highest BCUT2D eigenvalue weighted by Crippen LogP contribution is 2.22. The average molecular weight is 365 g/mol. The fraction of sp³-hybridized carbons (Fsp3) is 0.556. The third kappa shape index (κ3) is 6.51. The van der Waals surface area contributed by atoms with E-state index in [9.17, 15) is 4.79 Å². The van der Waals surface area contributed by atoms with E-state index in [0.29, 0.717) is 35.3 Å². The minimum absolute atomic E-state index is 0.124. The van der Waals surface area contributed by atoms with Gasteiger partial charge in [-0.1, -0.05) is 37.3 Å². The van der Waals surface area contributed by atoms with Gasteiger partial charge in [0, 0.05) is 12.6 Å². The molecule has 25 heavy (non-hydrogen) atoms. The second kappa shape index (κ2) is 9.58. The molecule has 7 heteroatoms. The lowest BCUT2D eigenvalue weighted by molar-refractivity contribution is 0.0958. The van der Waals surface area contributed by atoms with Gasteiger partial charge in [-0.3, -0.25) is 9.69 Å². The van der Waals surface area contributed by atoms with E-state index < -0.39 is 0 Å². The van der Waals surface area contributed by atoms with E-state index in [1.165, 1.54) is 17.5 Å². The van der Waals surface area contributed by atoms with E-state index in [0.717, 1.165) is 18.7 Å². The molecule has 0 spiro atoms. The minimum Gasteiger partial charge on any atom is -0.478 e. The molecule has 0 unspecified atom stereocenters. The number of hydrogen-bond donors (Lipinski definition) is 1. The zero-order valence-electron chi connectivity index (χ0n) is 15.3. The second-order valence-corrected chi connectivity index (χ2v) is 7.52. The molecule has 0 bridgehead atoms. The first-order valence-corrected chi connectivity index (χ1v) is 9.40. The Morgan fingerprint density at radius 3 is 2.96 bits per heavy atom. The summed E-state index contributed by atoms with van der Waals surface area (Å²) in [7, 11) is 0. The van der Waals surface area contributed by atoms with E-state index in [2.05, 4.69) is 55.0 Å². The van der Waals surface area contributed by atoms with Crippen molar-refractivity contribution in [2.45, 2.75) is 40.2 Å². The lowest BCUT2D eigenvalue weighted by Crippen LogP contribution is -2.27. The van der Waals surface area contributed by atoms with E-state index in [1.54, 1.807) is 6.26 Å². The number of hydrogen-bond acceptors (Lipinski definition) is 6. The van der Waals surface area contributed by atoms with Gasteiger partial charge in [-0.15, -0.1) is 0 Å². The molecular formula is C18H27N3O3S. The van der Waals surface area contributed by atoms with Gasteiger partial charge in [0.25, 0.3) is 11.1 Å². The summed E-state index contributed by atoms with van der Waals surface area (Å²) in [6.07, 6.45) is 8.14. The number of thiazole rings is 1. The first-order valence-electron chi connectivity index (χ1n) is 8.59. The van der Waals surface area contributed by atoms with Gasteiger partial charge in [0.2, 0.25) is 0 Å². The molecule has 0 radical (unpaired) electrons. The SMILES string of the molecule is CC(C)/C=C/CCNC(=O)c1cnc(OC=C2CN(C(C)C)CO2)s1. The average Bonchev–Trinajstić information content (AvgIpc) is 3.21. The highest BCUT2D eigenvalue weighted by Gasteiger charge is 2.20. The molecule has 1 aliphatic heterocycles. The van der Waals surface area contributed by atoms with Crippen molar-refractivity contribution in [3.63, 3.8) is 0 Å². The smallest absolute Gasteiger partial charge is 0.278 e. The standard InChI is InChI=1S/C18H27N3O3S/c1-13(2)7-5-6-8-19-17(22)16-9-20-18(25-16)23-11-15-10-21(12-24-15)14(3)4/h5,7,9,11,13-14H,6,8,10,12H2,1-4H3,(H,19,22)/b7-5+,15-11?. The molecule has 1 saturated heterocycles. The lowest BCUT2D eigenvalue weighted by atomic mass is 10.2. The van der Waals surface area contributed by atoms with Crippen LogP contribution in [-0.4, -0.2) is 41.7 Å². The first-order chi connectivity index (χ1) is 12.0. The van der Waals surface area contributed by atoms with Crippen molar-refractivity contribution in [2.75, 3.05) is 19.8 Å². The molecule has 1 aromatic heterocycles. The Morgan fingerprint density at radius 2 is 2.28 bits per heavy atom. The van der Waals surface area contributed by atoms with Crippen LogP contribution in [0.4, 0.5) is 0 Å². The Morgan fingerprint density at radius 1 is 1.48 bits per heavy atom. The third-order valence-electron chi connectivity index (χ3n) is 3.62. The van der Waals surface area contributed by atoms with E-state index in [1.807, 2.05) is 0 Å². The van der Waals surface area contributed by atoms with Crippen LogP contribution in [0.25, 0.3) is 0 Å². The Labute approximate surface area is 153 Å². The summed E-state index contributed by atoms with van der Waals surface area (Å²) in [5.74, 6) is 1.18. The van der Waals surface area contributed by atoms with Gasteiger partial charge in [-0.2, -0.15) is 0 Å². The topological polar surface area (TPSA) is 63.7 Å². The number of carbonyl (C=O) groups is 1. The predicted octanol–water partition coefficient (Wildman–Crippen LogP) is 3.39. The summed E-state index contributed by atoms with van der Waals surface area (Å²) < 4.78 is 11.1. The fourth-order valence-corrected chi connectivity index (χ4v) is 2.78. The molecule has 6 nitrogen and oxygen atoms in total. The zero-order chi connectivity index (χ0) is 18.2. The van der Waals surface area contributed by atoms with Crippen LogP contribution in [0.2, 0.25) is 0 Å². The summed E-state index contributed by atoms with van der Waals surface area (Å²) in [5.41, 5.74) is 0. The van der Waals surface area contributed by atoms with Crippen LogP contribution in [0.1, 0.15) is 43.8 Å². The molecule has 1 aliphatic rings. The molecule has 1 aromatic rings. The highest BCUT2D eigenvalue weighted by molar-refractivity contribution is 7.15. The molecule has 0 aliphatic carbocycles. The lowest BCUT2D eigenvalue weighted by Gasteiger charge is -2.15. The van der Waals surface area contributed by atoms with Crippen molar-refractivity contribution in [3.8, 4) is 5.19 Å². The predicted molar refractivity (Wildman–Crippen MR) is 99.5 cm³/mol. The number of ether oxygens (including phenoxy) is 2. The summed E-state index contributed by atoms with van der Waals surface area (Å²) in [4.78, 5) is 18.9. The summed E-state index contributed by atoms with van der Waals surface area (Å²) >= 11 is 1.22. The maximum atomic E-state index is 12.1. The molecule has 2 heterocycles. The third-order valence-corrected chi connectivity index (χ3v) is 4.51. The maximum absolute atomic E-state index is 12.1. The van der Waals surface area contributed by atoms with Gasteiger partial charge in [0.05, 0.1) is 12.7 Å². The zero-order valence-corrected chi connectivity index (χ0v) is 16.1. The number of rotatable bonds is 8. The molecule has 0 aromatic carbocycles. The van der Waals surface area contributed by atoms with Crippen LogP contribution < -0.4 is 10.1 Å². The van der Waals surface area contributed by atoms with E-state index >= 15 is 0 Å². The molecular weight excluding hydrogens is 338 g/mol. The van der Waals surface area contributed by atoms with Crippen molar-refractivity contribution in [1.82, 2.24) is 15.2 Å². The van der Waals surface area contributed by atoms with Gasteiger partial charge in [0.1, 0.15) is 23.6 Å². The van der Waals surface area contributed by atoms with E-state index in [-0.39, 0.29) is 5.91 Å².